The molecule has 0 heterocycles. The summed E-state index contributed by atoms with van der Waals surface area (Å²) in [6, 6.07) is 4.26. The Kier molecular flexibility index (Phi) is 5.46. The number of carbonyl (C=O) groups is 2. The molecule has 5 nitrogen and oxygen atoms in total. The van der Waals surface area contributed by atoms with Gasteiger partial charge < -0.3 is 10.5 Å². The number of hydrogen-bond donors (Lipinski definition) is 2. The molecule has 2 amide bonds. The Morgan fingerprint density at radius 3 is 2.57 bits per heavy atom. The summed E-state index contributed by atoms with van der Waals surface area (Å²) in [5.74, 6) is -1.06. The van der Waals surface area contributed by atoms with Gasteiger partial charge in [0.05, 0.1) is 5.69 Å². The minimum Gasteiger partial charge on any atom is -0.444 e. The molecule has 0 aromatic heterocycles. The van der Waals surface area contributed by atoms with Crippen LogP contribution in [0, 0.1) is 5.82 Å². The van der Waals surface area contributed by atoms with Gasteiger partial charge in [0.25, 0.3) is 0 Å². The molecule has 0 aliphatic heterocycles. The van der Waals surface area contributed by atoms with Crippen LogP contribution in [-0.4, -0.2) is 17.6 Å². The van der Waals surface area contributed by atoms with Gasteiger partial charge in [0.2, 0.25) is 5.91 Å². The normalized spacial score (nSPS) is 11.4. The summed E-state index contributed by atoms with van der Waals surface area (Å²) >= 11 is 0. The van der Waals surface area contributed by atoms with Crippen molar-refractivity contribution in [1.82, 2.24) is 0 Å². The fourth-order valence-corrected chi connectivity index (χ4v) is 1.46. The third-order valence-corrected chi connectivity index (χ3v) is 2.26. The summed E-state index contributed by atoms with van der Waals surface area (Å²) in [5.41, 5.74) is 4.92. The Labute approximate surface area is 123 Å². The first-order chi connectivity index (χ1) is 9.67. The Bertz CT molecular complexity index is 563. The Morgan fingerprint density at radius 2 is 2.05 bits per heavy atom. The van der Waals surface area contributed by atoms with E-state index in [1.54, 1.807) is 32.9 Å². The summed E-state index contributed by atoms with van der Waals surface area (Å²) in [7, 11) is 0. The van der Waals surface area contributed by atoms with Crippen LogP contribution in [0.4, 0.5) is 14.9 Å². The number of carbonyl (C=O) groups excluding carboxylic acids is 2. The Balaban J connectivity index is 2.72. The van der Waals surface area contributed by atoms with Crippen molar-refractivity contribution in [1.29, 1.82) is 0 Å². The van der Waals surface area contributed by atoms with E-state index in [1.165, 1.54) is 18.2 Å². The van der Waals surface area contributed by atoms with E-state index in [-0.39, 0.29) is 12.1 Å². The molecule has 0 fully saturated rings. The number of nitrogens with two attached hydrogens (primary N) is 1. The molecular formula is C15H19FN2O3. The third kappa shape index (κ3) is 6.56. The molecule has 0 unspecified atom stereocenters. The first kappa shape index (κ1) is 16.7. The fourth-order valence-electron chi connectivity index (χ4n) is 1.46. The number of rotatable bonds is 4. The van der Waals surface area contributed by atoms with Crippen LogP contribution in [0.3, 0.4) is 0 Å². The summed E-state index contributed by atoms with van der Waals surface area (Å²) in [6.45, 7) is 5.15. The summed E-state index contributed by atoms with van der Waals surface area (Å²) < 4.78 is 18.9. The van der Waals surface area contributed by atoms with Crippen molar-refractivity contribution in [2.45, 2.75) is 32.8 Å². The molecule has 114 valence electrons. The first-order valence-corrected chi connectivity index (χ1v) is 6.42. The molecule has 0 radical (unpaired) electrons. The zero-order valence-corrected chi connectivity index (χ0v) is 12.3. The van der Waals surface area contributed by atoms with Crippen molar-refractivity contribution in [2.75, 3.05) is 5.32 Å². The second kappa shape index (κ2) is 6.88. The molecule has 1 aromatic rings. The quantitative estimate of drug-likeness (QED) is 0.895. The standard InChI is InChI=1S/C15H19FN2O3/c1-15(2,3)21-14(20)18-12-8-7-10(9-11(12)16)5-4-6-13(17)19/h4-5,7-9H,6H2,1-3H3,(H2,17,19)(H,18,20). The maximum absolute atomic E-state index is 13.8. The van der Waals surface area contributed by atoms with Gasteiger partial charge in [-0.3, -0.25) is 10.1 Å². The summed E-state index contributed by atoms with van der Waals surface area (Å²) in [4.78, 5) is 22.1. The highest BCUT2D eigenvalue weighted by molar-refractivity contribution is 5.85. The number of primary amides is 1. The van der Waals surface area contributed by atoms with Gasteiger partial charge in [0.1, 0.15) is 11.4 Å². The summed E-state index contributed by atoms with van der Waals surface area (Å²) in [5, 5.41) is 2.33. The van der Waals surface area contributed by atoms with E-state index in [1.807, 2.05) is 0 Å². The number of halogens is 1. The Hall–Kier alpha value is -2.37. The van der Waals surface area contributed by atoms with E-state index in [0.29, 0.717) is 5.56 Å². The second-order valence-electron chi connectivity index (χ2n) is 5.44. The average molecular weight is 294 g/mol. The molecule has 0 saturated carbocycles. The van der Waals surface area contributed by atoms with Crippen molar-refractivity contribution in [3.8, 4) is 0 Å². The zero-order valence-electron chi connectivity index (χ0n) is 12.3. The molecule has 3 N–H and O–H groups in total. The average Bonchev–Trinajstić information content (AvgIpc) is 2.29. The lowest BCUT2D eigenvalue weighted by Crippen LogP contribution is -2.27. The molecule has 0 aliphatic rings. The minimum absolute atomic E-state index is 0.0244. The molecule has 0 bridgehead atoms. The van der Waals surface area contributed by atoms with Gasteiger partial charge in [-0.2, -0.15) is 0 Å². The molecule has 1 aromatic carbocycles. The third-order valence-electron chi connectivity index (χ3n) is 2.26. The smallest absolute Gasteiger partial charge is 0.412 e. The molecule has 0 spiro atoms. The van der Waals surface area contributed by atoms with E-state index in [0.717, 1.165) is 0 Å². The van der Waals surface area contributed by atoms with Gasteiger partial charge in [-0.15, -0.1) is 0 Å². The van der Waals surface area contributed by atoms with Crippen molar-refractivity contribution in [2.24, 2.45) is 5.73 Å². The monoisotopic (exact) mass is 294 g/mol. The lowest BCUT2D eigenvalue weighted by Gasteiger charge is -2.19. The fraction of sp³-hybridized carbons (Fsp3) is 0.333. The molecule has 0 aliphatic carbocycles. The number of nitrogens with one attached hydrogen (secondary N) is 1. The topological polar surface area (TPSA) is 81.4 Å². The van der Waals surface area contributed by atoms with Crippen LogP contribution >= 0.6 is 0 Å². The predicted octanol–water partition coefficient (Wildman–Crippen LogP) is 3.06. The van der Waals surface area contributed by atoms with Crippen molar-refractivity contribution in [3.63, 3.8) is 0 Å². The van der Waals surface area contributed by atoms with Crippen molar-refractivity contribution in [3.05, 3.63) is 35.7 Å². The van der Waals surface area contributed by atoms with Crippen LogP contribution in [0.25, 0.3) is 6.08 Å². The van der Waals surface area contributed by atoms with Gasteiger partial charge in [0, 0.05) is 6.42 Å². The van der Waals surface area contributed by atoms with Crippen molar-refractivity contribution >= 4 is 23.8 Å². The minimum atomic E-state index is -0.724. The largest absolute Gasteiger partial charge is 0.444 e. The molecule has 0 saturated heterocycles. The van der Waals surface area contributed by atoms with Gasteiger partial charge in [-0.25, -0.2) is 9.18 Å². The highest BCUT2D eigenvalue weighted by Crippen LogP contribution is 2.18. The first-order valence-electron chi connectivity index (χ1n) is 6.42. The number of hydrogen-bond acceptors (Lipinski definition) is 3. The van der Waals surface area contributed by atoms with E-state index in [4.69, 9.17) is 10.5 Å². The molecular weight excluding hydrogens is 275 g/mol. The van der Waals surface area contributed by atoms with Gasteiger partial charge in [-0.1, -0.05) is 18.2 Å². The number of benzene rings is 1. The van der Waals surface area contributed by atoms with Crippen LogP contribution in [0.2, 0.25) is 0 Å². The number of ether oxygens (including phenoxy) is 1. The van der Waals surface area contributed by atoms with E-state index in [2.05, 4.69) is 5.32 Å². The van der Waals surface area contributed by atoms with Gasteiger partial charge in [0.15, 0.2) is 0 Å². The van der Waals surface area contributed by atoms with Crippen LogP contribution in [0.1, 0.15) is 32.8 Å². The predicted molar refractivity (Wildman–Crippen MR) is 79.1 cm³/mol. The van der Waals surface area contributed by atoms with E-state index >= 15 is 0 Å². The second-order valence-corrected chi connectivity index (χ2v) is 5.44. The van der Waals surface area contributed by atoms with Crippen LogP contribution < -0.4 is 11.1 Å². The highest BCUT2D eigenvalue weighted by Gasteiger charge is 2.17. The lowest BCUT2D eigenvalue weighted by atomic mass is 10.1. The number of amides is 2. The maximum Gasteiger partial charge on any atom is 0.412 e. The van der Waals surface area contributed by atoms with E-state index < -0.39 is 23.4 Å². The summed E-state index contributed by atoms with van der Waals surface area (Å²) in [6.07, 6.45) is 2.47. The molecule has 1 rings (SSSR count). The highest BCUT2D eigenvalue weighted by atomic mass is 19.1. The van der Waals surface area contributed by atoms with Gasteiger partial charge >= 0.3 is 6.09 Å². The zero-order chi connectivity index (χ0) is 16.0. The van der Waals surface area contributed by atoms with Crippen LogP contribution in [-0.2, 0) is 9.53 Å². The van der Waals surface area contributed by atoms with Gasteiger partial charge in [-0.05, 0) is 38.5 Å². The SMILES string of the molecule is CC(C)(C)OC(=O)Nc1ccc(C=CCC(N)=O)cc1F. The molecule has 21 heavy (non-hydrogen) atoms. The van der Waals surface area contributed by atoms with E-state index in [9.17, 15) is 14.0 Å². The van der Waals surface area contributed by atoms with Crippen LogP contribution in [0.15, 0.2) is 24.3 Å². The Morgan fingerprint density at radius 1 is 1.38 bits per heavy atom. The van der Waals surface area contributed by atoms with Crippen molar-refractivity contribution < 1.29 is 18.7 Å². The maximum atomic E-state index is 13.8. The lowest BCUT2D eigenvalue weighted by molar-refractivity contribution is -0.117. The molecule has 6 heteroatoms. The molecule has 0 atom stereocenters. The number of anilines is 1. The van der Waals surface area contributed by atoms with Crippen LogP contribution in [0.5, 0.6) is 0 Å².